The van der Waals surface area contributed by atoms with Crippen molar-refractivity contribution in [2.24, 2.45) is 5.73 Å². The van der Waals surface area contributed by atoms with E-state index in [9.17, 15) is 5.11 Å². The highest BCUT2D eigenvalue weighted by molar-refractivity contribution is 5.46. The van der Waals surface area contributed by atoms with Crippen molar-refractivity contribution in [1.82, 2.24) is 0 Å². The summed E-state index contributed by atoms with van der Waals surface area (Å²) in [5, 5.41) is 9.93. The predicted octanol–water partition coefficient (Wildman–Crippen LogP) is 1.82. The van der Waals surface area contributed by atoms with Gasteiger partial charge in [-0.2, -0.15) is 0 Å². The van der Waals surface area contributed by atoms with E-state index in [2.05, 4.69) is 0 Å². The summed E-state index contributed by atoms with van der Waals surface area (Å²) in [5.74, 6) is 0.801. The van der Waals surface area contributed by atoms with Crippen LogP contribution < -0.4 is 10.5 Å². The first-order valence-corrected chi connectivity index (χ1v) is 5.37. The molecule has 0 spiro atoms. The first-order chi connectivity index (χ1) is 7.14. The molecular formula is C12H17NO2. The van der Waals surface area contributed by atoms with E-state index in [0.29, 0.717) is 12.4 Å². The Bertz CT molecular complexity index is 359. The Kier molecular flexibility index (Phi) is 2.57. The summed E-state index contributed by atoms with van der Waals surface area (Å²) < 4.78 is 5.32. The van der Waals surface area contributed by atoms with Gasteiger partial charge in [-0.3, -0.25) is 0 Å². The molecule has 1 aromatic rings. The third-order valence-corrected chi connectivity index (χ3v) is 2.82. The molecule has 0 unspecified atom stereocenters. The van der Waals surface area contributed by atoms with Gasteiger partial charge in [0.15, 0.2) is 11.5 Å². The van der Waals surface area contributed by atoms with Crippen molar-refractivity contribution in [1.29, 1.82) is 0 Å². The van der Waals surface area contributed by atoms with E-state index in [1.807, 2.05) is 19.1 Å². The number of ether oxygens (including phenoxy) is 1. The third kappa shape index (κ3) is 2.23. The molecule has 3 nitrogen and oxygen atoms in total. The quantitative estimate of drug-likeness (QED) is 0.791. The minimum Gasteiger partial charge on any atom is -0.504 e. The standard InChI is InChI=1S/C12H17NO2/c1-2-15-10-5-3-4-9(11(10)14)8-12(13)6-7-12/h3-5,14H,2,6-8,13H2,1H3. The summed E-state index contributed by atoms with van der Waals surface area (Å²) >= 11 is 0. The van der Waals surface area contributed by atoms with Crippen LogP contribution in [0.25, 0.3) is 0 Å². The molecule has 1 saturated carbocycles. The van der Waals surface area contributed by atoms with E-state index in [4.69, 9.17) is 10.5 Å². The molecular weight excluding hydrogens is 190 g/mol. The van der Waals surface area contributed by atoms with Gasteiger partial charge in [0.05, 0.1) is 6.61 Å². The summed E-state index contributed by atoms with van der Waals surface area (Å²) in [6, 6.07) is 5.58. The van der Waals surface area contributed by atoms with Crippen LogP contribution in [0.4, 0.5) is 0 Å². The first-order valence-electron chi connectivity index (χ1n) is 5.37. The van der Waals surface area contributed by atoms with Gasteiger partial charge in [0.1, 0.15) is 0 Å². The summed E-state index contributed by atoms with van der Waals surface area (Å²) in [6.07, 6.45) is 2.83. The lowest BCUT2D eigenvalue weighted by molar-refractivity contribution is 0.316. The van der Waals surface area contributed by atoms with Gasteiger partial charge in [0, 0.05) is 5.54 Å². The van der Waals surface area contributed by atoms with Crippen LogP contribution >= 0.6 is 0 Å². The summed E-state index contributed by atoms with van der Waals surface area (Å²) in [4.78, 5) is 0. The second-order valence-corrected chi connectivity index (χ2v) is 4.24. The molecule has 3 N–H and O–H groups in total. The first kappa shape index (κ1) is 10.3. The lowest BCUT2D eigenvalue weighted by Gasteiger charge is -2.13. The highest BCUT2D eigenvalue weighted by Crippen LogP contribution is 2.39. The van der Waals surface area contributed by atoms with Gasteiger partial charge in [-0.05, 0) is 37.8 Å². The number of phenols is 1. The van der Waals surface area contributed by atoms with Gasteiger partial charge in [-0.1, -0.05) is 12.1 Å². The number of hydrogen-bond acceptors (Lipinski definition) is 3. The zero-order valence-corrected chi connectivity index (χ0v) is 8.99. The monoisotopic (exact) mass is 207 g/mol. The van der Waals surface area contributed by atoms with Crippen molar-refractivity contribution in [3.63, 3.8) is 0 Å². The Morgan fingerprint density at radius 3 is 2.80 bits per heavy atom. The molecule has 0 aliphatic heterocycles. The van der Waals surface area contributed by atoms with Crippen LogP contribution in [0.2, 0.25) is 0 Å². The van der Waals surface area contributed by atoms with Gasteiger partial charge in [-0.25, -0.2) is 0 Å². The maximum absolute atomic E-state index is 9.93. The highest BCUT2D eigenvalue weighted by Gasteiger charge is 2.38. The van der Waals surface area contributed by atoms with Crippen LogP contribution in [0.15, 0.2) is 18.2 Å². The fourth-order valence-electron chi connectivity index (χ4n) is 1.70. The summed E-state index contributed by atoms with van der Waals surface area (Å²) in [7, 11) is 0. The van der Waals surface area contributed by atoms with E-state index in [1.54, 1.807) is 6.07 Å². The fourth-order valence-corrected chi connectivity index (χ4v) is 1.70. The highest BCUT2D eigenvalue weighted by atomic mass is 16.5. The van der Waals surface area contributed by atoms with E-state index >= 15 is 0 Å². The molecule has 3 heteroatoms. The Morgan fingerprint density at radius 2 is 2.20 bits per heavy atom. The van der Waals surface area contributed by atoms with Crippen LogP contribution in [-0.2, 0) is 6.42 Å². The average molecular weight is 207 g/mol. The lowest BCUT2D eigenvalue weighted by Crippen LogP contribution is -2.24. The minimum atomic E-state index is -0.0810. The molecule has 82 valence electrons. The molecule has 0 aromatic heterocycles. The van der Waals surface area contributed by atoms with E-state index in [1.165, 1.54) is 0 Å². The Morgan fingerprint density at radius 1 is 1.47 bits per heavy atom. The molecule has 1 aromatic carbocycles. The molecule has 0 atom stereocenters. The number of phenolic OH excluding ortho intramolecular Hbond substituents is 1. The van der Waals surface area contributed by atoms with Crippen molar-refractivity contribution in [3.8, 4) is 11.5 Å². The molecule has 0 radical (unpaired) electrons. The lowest BCUT2D eigenvalue weighted by atomic mass is 10.0. The molecule has 1 aliphatic rings. The van der Waals surface area contributed by atoms with Crippen molar-refractivity contribution in [2.75, 3.05) is 6.61 Å². The molecule has 1 aliphatic carbocycles. The minimum absolute atomic E-state index is 0.0810. The van der Waals surface area contributed by atoms with Crippen LogP contribution in [-0.4, -0.2) is 17.3 Å². The zero-order chi connectivity index (χ0) is 10.9. The molecule has 0 saturated heterocycles. The topological polar surface area (TPSA) is 55.5 Å². The number of benzene rings is 1. The maximum Gasteiger partial charge on any atom is 0.161 e. The predicted molar refractivity (Wildman–Crippen MR) is 59.1 cm³/mol. The van der Waals surface area contributed by atoms with Crippen molar-refractivity contribution in [2.45, 2.75) is 31.7 Å². The van der Waals surface area contributed by atoms with Crippen LogP contribution in [0, 0.1) is 0 Å². The number of rotatable bonds is 4. The smallest absolute Gasteiger partial charge is 0.161 e. The number of para-hydroxylation sites is 1. The van der Waals surface area contributed by atoms with Gasteiger partial charge in [-0.15, -0.1) is 0 Å². The summed E-state index contributed by atoms with van der Waals surface area (Å²) in [6.45, 7) is 2.46. The Hall–Kier alpha value is -1.22. The zero-order valence-electron chi connectivity index (χ0n) is 8.99. The van der Waals surface area contributed by atoms with Crippen LogP contribution in [0.5, 0.6) is 11.5 Å². The molecule has 0 amide bonds. The molecule has 1 fully saturated rings. The van der Waals surface area contributed by atoms with Crippen molar-refractivity contribution in [3.05, 3.63) is 23.8 Å². The maximum atomic E-state index is 9.93. The number of nitrogens with two attached hydrogens (primary N) is 1. The number of hydrogen-bond donors (Lipinski definition) is 2. The van der Waals surface area contributed by atoms with E-state index < -0.39 is 0 Å². The molecule has 2 rings (SSSR count). The SMILES string of the molecule is CCOc1cccc(CC2(N)CC2)c1O. The van der Waals surface area contributed by atoms with Crippen molar-refractivity contribution < 1.29 is 9.84 Å². The number of aromatic hydroxyl groups is 1. The Balaban J connectivity index is 2.19. The van der Waals surface area contributed by atoms with Crippen LogP contribution in [0.3, 0.4) is 0 Å². The molecule has 0 bridgehead atoms. The normalized spacial score (nSPS) is 17.5. The second-order valence-electron chi connectivity index (χ2n) is 4.24. The Labute approximate surface area is 89.9 Å². The van der Waals surface area contributed by atoms with Crippen molar-refractivity contribution >= 4 is 0 Å². The van der Waals surface area contributed by atoms with E-state index in [-0.39, 0.29) is 11.3 Å². The van der Waals surface area contributed by atoms with Gasteiger partial charge in [0.25, 0.3) is 0 Å². The van der Waals surface area contributed by atoms with Gasteiger partial charge in [0.2, 0.25) is 0 Å². The van der Waals surface area contributed by atoms with Crippen LogP contribution in [0.1, 0.15) is 25.3 Å². The molecule has 15 heavy (non-hydrogen) atoms. The summed E-state index contributed by atoms with van der Waals surface area (Å²) in [5.41, 5.74) is 6.83. The van der Waals surface area contributed by atoms with Gasteiger partial charge >= 0.3 is 0 Å². The largest absolute Gasteiger partial charge is 0.504 e. The fraction of sp³-hybridized carbons (Fsp3) is 0.500. The molecule has 0 heterocycles. The second kappa shape index (κ2) is 3.74. The average Bonchev–Trinajstić information content (AvgIpc) is 2.91. The third-order valence-electron chi connectivity index (χ3n) is 2.82. The van der Waals surface area contributed by atoms with Gasteiger partial charge < -0.3 is 15.6 Å². The van der Waals surface area contributed by atoms with E-state index in [0.717, 1.165) is 24.8 Å².